The summed E-state index contributed by atoms with van der Waals surface area (Å²) in [6, 6.07) is 5.08. The van der Waals surface area contributed by atoms with E-state index >= 15 is 0 Å². The fourth-order valence-electron chi connectivity index (χ4n) is 5.14. The molecule has 33 heavy (non-hydrogen) atoms. The Kier molecular flexibility index (Phi) is 6.49. The second-order valence-electron chi connectivity index (χ2n) is 9.51. The molecule has 1 aromatic carbocycles. The lowest BCUT2D eigenvalue weighted by Gasteiger charge is -2.30. The Hall–Kier alpha value is -3.23. The predicted octanol–water partition coefficient (Wildman–Crippen LogP) is 2.55. The van der Waals surface area contributed by atoms with E-state index in [0.29, 0.717) is 24.2 Å². The van der Waals surface area contributed by atoms with E-state index in [9.17, 15) is 14.4 Å². The number of anilines is 1. The Balaban J connectivity index is 1.50. The molecule has 2 aromatic rings. The zero-order chi connectivity index (χ0) is 23.6. The van der Waals surface area contributed by atoms with E-state index < -0.39 is 17.4 Å². The van der Waals surface area contributed by atoms with Crippen LogP contribution in [0.15, 0.2) is 22.8 Å². The maximum Gasteiger partial charge on any atom is 0.276 e. The van der Waals surface area contributed by atoms with Crippen molar-refractivity contribution in [3.05, 3.63) is 40.7 Å². The van der Waals surface area contributed by atoms with E-state index in [1.807, 2.05) is 25.1 Å². The highest BCUT2D eigenvalue weighted by Gasteiger charge is 2.39. The molecule has 0 bridgehead atoms. The molecule has 176 valence electrons. The van der Waals surface area contributed by atoms with Crippen molar-refractivity contribution < 1.29 is 19.0 Å². The number of aryl methyl sites for hydroxylation is 1. The van der Waals surface area contributed by atoms with Gasteiger partial charge in [0.05, 0.1) is 5.41 Å². The maximum atomic E-state index is 13.3. The lowest BCUT2D eigenvalue weighted by Crippen LogP contribution is -2.49. The maximum absolute atomic E-state index is 13.3. The van der Waals surface area contributed by atoms with Crippen LogP contribution in [0.25, 0.3) is 0 Å². The Morgan fingerprint density at radius 3 is 2.48 bits per heavy atom. The molecule has 2 aliphatic carbocycles. The van der Waals surface area contributed by atoms with Gasteiger partial charge in [0.15, 0.2) is 5.69 Å². The van der Waals surface area contributed by atoms with Gasteiger partial charge in [-0.1, -0.05) is 37.4 Å². The zero-order valence-electron chi connectivity index (χ0n) is 19.4. The number of carbonyl (C=O) groups is 3. The van der Waals surface area contributed by atoms with Crippen molar-refractivity contribution in [1.29, 1.82) is 0 Å². The monoisotopic (exact) mass is 453 g/mol. The van der Waals surface area contributed by atoms with Gasteiger partial charge in [-0.3, -0.25) is 14.4 Å². The topological polar surface area (TPSA) is 126 Å². The molecule has 0 spiro atoms. The molecule has 0 radical (unpaired) electrons. The molecule has 1 fully saturated rings. The van der Waals surface area contributed by atoms with Crippen molar-refractivity contribution in [2.24, 2.45) is 11.3 Å². The first-order valence-electron chi connectivity index (χ1n) is 11.6. The molecule has 0 aliphatic heterocycles. The van der Waals surface area contributed by atoms with Crippen molar-refractivity contribution in [2.45, 2.75) is 64.8 Å². The van der Waals surface area contributed by atoms with Crippen molar-refractivity contribution in [2.75, 3.05) is 12.4 Å². The molecule has 1 heterocycles. The fourth-order valence-corrected chi connectivity index (χ4v) is 5.14. The van der Waals surface area contributed by atoms with Crippen LogP contribution in [0, 0.1) is 18.3 Å². The summed E-state index contributed by atoms with van der Waals surface area (Å²) < 4.78 is 4.64. The molecule has 4 rings (SSSR count). The zero-order valence-corrected chi connectivity index (χ0v) is 19.4. The van der Waals surface area contributed by atoms with E-state index in [4.69, 9.17) is 0 Å². The average molecular weight is 454 g/mol. The SMILES string of the molecule is CNC(=O)C1(C)Cc2ccc(NC(=O)C(NC(=O)c3nonc3C)C3CCCCC3)cc2C1. The predicted molar refractivity (Wildman–Crippen MR) is 122 cm³/mol. The molecule has 1 aromatic heterocycles. The van der Waals surface area contributed by atoms with Crippen LogP contribution in [-0.4, -0.2) is 41.1 Å². The molecule has 2 atom stereocenters. The van der Waals surface area contributed by atoms with Gasteiger partial charge in [0.2, 0.25) is 11.8 Å². The number of nitrogens with zero attached hydrogens (tertiary/aromatic N) is 2. The van der Waals surface area contributed by atoms with Gasteiger partial charge < -0.3 is 16.0 Å². The molecule has 3 N–H and O–H groups in total. The van der Waals surface area contributed by atoms with Crippen LogP contribution >= 0.6 is 0 Å². The van der Waals surface area contributed by atoms with Crippen LogP contribution in [0.4, 0.5) is 5.69 Å². The molecule has 2 aliphatic rings. The first-order chi connectivity index (χ1) is 15.8. The van der Waals surface area contributed by atoms with Crippen molar-refractivity contribution in [3.8, 4) is 0 Å². The van der Waals surface area contributed by atoms with Gasteiger partial charge in [0.25, 0.3) is 5.91 Å². The third-order valence-corrected chi connectivity index (χ3v) is 6.97. The number of amides is 3. The summed E-state index contributed by atoms with van der Waals surface area (Å²) in [4.78, 5) is 38.4. The highest BCUT2D eigenvalue weighted by atomic mass is 16.6. The Labute approximate surface area is 193 Å². The lowest BCUT2D eigenvalue weighted by molar-refractivity contribution is -0.129. The lowest BCUT2D eigenvalue weighted by atomic mass is 9.83. The summed E-state index contributed by atoms with van der Waals surface area (Å²) in [6.45, 7) is 3.59. The highest BCUT2D eigenvalue weighted by molar-refractivity contribution is 6.01. The van der Waals surface area contributed by atoms with Gasteiger partial charge in [0, 0.05) is 12.7 Å². The van der Waals surface area contributed by atoms with Crippen LogP contribution in [0.5, 0.6) is 0 Å². The van der Waals surface area contributed by atoms with Crippen molar-refractivity contribution >= 4 is 23.4 Å². The number of rotatable bonds is 6. The summed E-state index contributed by atoms with van der Waals surface area (Å²) in [5, 5.41) is 15.9. The minimum absolute atomic E-state index is 0.0157. The summed E-state index contributed by atoms with van der Waals surface area (Å²) in [5.41, 5.74) is 2.82. The van der Waals surface area contributed by atoms with Gasteiger partial charge in [-0.05, 0) is 66.9 Å². The number of carbonyl (C=O) groups excluding carboxylic acids is 3. The molecule has 9 nitrogen and oxygen atoms in total. The van der Waals surface area contributed by atoms with Crippen LogP contribution < -0.4 is 16.0 Å². The van der Waals surface area contributed by atoms with Crippen LogP contribution in [-0.2, 0) is 22.4 Å². The number of fused-ring (bicyclic) bond motifs is 1. The van der Waals surface area contributed by atoms with Crippen LogP contribution in [0.3, 0.4) is 0 Å². The van der Waals surface area contributed by atoms with E-state index in [2.05, 4.69) is 30.9 Å². The summed E-state index contributed by atoms with van der Waals surface area (Å²) in [5.74, 6) is -0.651. The van der Waals surface area contributed by atoms with E-state index in [-0.39, 0.29) is 23.4 Å². The van der Waals surface area contributed by atoms with Crippen molar-refractivity contribution in [1.82, 2.24) is 20.9 Å². The van der Waals surface area contributed by atoms with Crippen LogP contribution in [0.1, 0.15) is 66.3 Å². The Bertz CT molecular complexity index is 1060. The largest absolute Gasteiger partial charge is 0.359 e. The Morgan fingerprint density at radius 2 is 1.82 bits per heavy atom. The second kappa shape index (κ2) is 9.33. The molecule has 1 saturated carbocycles. The first-order valence-corrected chi connectivity index (χ1v) is 11.6. The van der Waals surface area contributed by atoms with E-state index in [1.165, 1.54) is 0 Å². The number of benzene rings is 1. The van der Waals surface area contributed by atoms with Gasteiger partial charge in [0.1, 0.15) is 11.7 Å². The first kappa shape index (κ1) is 22.9. The van der Waals surface area contributed by atoms with Crippen LogP contribution in [0.2, 0.25) is 0 Å². The van der Waals surface area contributed by atoms with E-state index in [1.54, 1.807) is 14.0 Å². The van der Waals surface area contributed by atoms with Crippen molar-refractivity contribution in [3.63, 3.8) is 0 Å². The number of nitrogens with one attached hydrogen (secondary N) is 3. The third-order valence-electron chi connectivity index (χ3n) is 6.97. The number of hydrogen-bond donors (Lipinski definition) is 3. The molecular formula is C24H31N5O4. The molecule has 9 heteroatoms. The fraction of sp³-hybridized carbons (Fsp3) is 0.542. The normalized spacial score (nSPS) is 21.2. The van der Waals surface area contributed by atoms with Gasteiger partial charge in [-0.25, -0.2) is 4.63 Å². The summed E-state index contributed by atoms with van der Waals surface area (Å²) >= 11 is 0. The van der Waals surface area contributed by atoms with E-state index in [0.717, 1.165) is 43.2 Å². The minimum Gasteiger partial charge on any atom is -0.359 e. The average Bonchev–Trinajstić information content (AvgIpc) is 3.39. The molecule has 3 amide bonds. The number of hydrogen-bond acceptors (Lipinski definition) is 6. The van der Waals surface area contributed by atoms with Gasteiger partial charge >= 0.3 is 0 Å². The Morgan fingerprint density at radius 1 is 1.09 bits per heavy atom. The highest BCUT2D eigenvalue weighted by Crippen LogP contribution is 2.38. The molecular weight excluding hydrogens is 422 g/mol. The smallest absolute Gasteiger partial charge is 0.276 e. The molecule has 2 unspecified atom stereocenters. The second-order valence-corrected chi connectivity index (χ2v) is 9.51. The molecule has 0 saturated heterocycles. The number of aromatic nitrogens is 2. The quantitative estimate of drug-likeness (QED) is 0.617. The summed E-state index contributed by atoms with van der Waals surface area (Å²) in [7, 11) is 1.65. The summed E-state index contributed by atoms with van der Waals surface area (Å²) in [6.07, 6.45) is 6.25. The minimum atomic E-state index is -0.682. The standard InChI is InChI=1S/C24H31N5O4/c1-14-19(29-33-28-14)21(30)27-20(15-7-5-4-6-8-15)22(31)26-18-10-9-16-12-24(2,23(32)25-3)13-17(16)11-18/h9-11,15,20H,4-8,12-13H2,1-3H3,(H,25,32)(H,26,31)(H,27,30). The third kappa shape index (κ3) is 4.77. The van der Waals surface area contributed by atoms with Gasteiger partial charge in [-0.2, -0.15) is 0 Å². The van der Waals surface area contributed by atoms with Gasteiger partial charge in [-0.15, -0.1) is 0 Å².